The lowest BCUT2D eigenvalue weighted by atomic mass is 10.1. The van der Waals surface area contributed by atoms with Gasteiger partial charge in [0, 0.05) is 41.8 Å². The summed E-state index contributed by atoms with van der Waals surface area (Å²) in [5.74, 6) is 1.10. The number of para-hydroxylation sites is 1. The molecule has 0 radical (unpaired) electrons. The maximum absolute atomic E-state index is 12.9. The molecular formula is C22H21N3O4. The predicted octanol–water partition coefficient (Wildman–Crippen LogP) is 3.07. The summed E-state index contributed by atoms with van der Waals surface area (Å²) in [6.45, 7) is 1.41. The summed E-state index contributed by atoms with van der Waals surface area (Å²) >= 11 is 0. The van der Waals surface area contributed by atoms with Gasteiger partial charge in [-0.15, -0.1) is 0 Å². The van der Waals surface area contributed by atoms with E-state index in [1.54, 1.807) is 23.1 Å². The molecule has 1 saturated heterocycles. The van der Waals surface area contributed by atoms with Crippen molar-refractivity contribution in [2.24, 2.45) is 0 Å². The minimum absolute atomic E-state index is 0.00222. The quantitative estimate of drug-likeness (QED) is 0.716. The summed E-state index contributed by atoms with van der Waals surface area (Å²) in [7, 11) is 0. The SMILES string of the molecule is O=C(Nc1ccc2c(c1)OCCO2)C1CCC(=O)N1Cc1c[nH]c2ccccc12. The van der Waals surface area contributed by atoms with Crippen LogP contribution in [0.1, 0.15) is 18.4 Å². The number of anilines is 1. The topological polar surface area (TPSA) is 83.7 Å². The van der Waals surface area contributed by atoms with E-state index in [4.69, 9.17) is 9.47 Å². The first kappa shape index (κ1) is 17.6. The minimum atomic E-state index is -0.496. The van der Waals surface area contributed by atoms with Crippen molar-refractivity contribution in [3.63, 3.8) is 0 Å². The van der Waals surface area contributed by atoms with E-state index in [-0.39, 0.29) is 11.8 Å². The lowest BCUT2D eigenvalue weighted by Crippen LogP contribution is -2.41. The largest absolute Gasteiger partial charge is 0.486 e. The first-order chi connectivity index (χ1) is 14.2. The third-order valence-corrected chi connectivity index (χ3v) is 5.46. The fourth-order valence-electron chi connectivity index (χ4n) is 4.00. The van der Waals surface area contributed by atoms with Crippen LogP contribution in [0.15, 0.2) is 48.7 Å². The highest BCUT2D eigenvalue weighted by atomic mass is 16.6. The molecule has 5 rings (SSSR count). The molecule has 2 aromatic carbocycles. The number of nitrogens with one attached hydrogen (secondary N) is 2. The fourth-order valence-corrected chi connectivity index (χ4v) is 4.00. The molecule has 148 valence electrons. The van der Waals surface area contributed by atoms with Gasteiger partial charge in [0.15, 0.2) is 11.5 Å². The van der Waals surface area contributed by atoms with Gasteiger partial charge in [0.25, 0.3) is 0 Å². The van der Waals surface area contributed by atoms with E-state index >= 15 is 0 Å². The van der Waals surface area contributed by atoms with Crippen LogP contribution in [0.5, 0.6) is 11.5 Å². The second kappa shape index (κ2) is 7.16. The van der Waals surface area contributed by atoms with E-state index in [9.17, 15) is 9.59 Å². The zero-order chi connectivity index (χ0) is 19.8. The predicted molar refractivity (Wildman–Crippen MR) is 108 cm³/mol. The highest BCUT2D eigenvalue weighted by Crippen LogP contribution is 2.33. The van der Waals surface area contributed by atoms with Crippen molar-refractivity contribution >= 4 is 28.4 Å². The average Bonchev–Trinajstić information content (AvgIpc) is 3.32. The van der Waals surface area contributed by atoms with Crippen LogP contribution in [0.4, 0.5) is 5.69 Å². The maximum Gasteiger partial charge on any atom is 0.247 e. The zero-order valence-corrected chi connectivity index (χ0v) is 15.8. The Labute approximate surface area is 167 Å². The number of rotatable bonds is 4. The van der Waals surface area contributed by atoms with E-state index < -0.39 is 6.04 Å². The van der Waals surface area contributed by atoms with E-state index in [0.29, 0.717) is 49.8 Å². The van der Waals surface area contributed by atoms with Gasteiger partial charge in [-0.1, -0.05) is 18.2 Å². The Balaban J connectivity index is 1.34. The molecule has 2 N–H and O–H groups in total. The van der Waals surface area contributed by atoms with Crippen LogP contribution in [0.25, 0.3) is 10.9 Å². The fraction of sp³-hybridized carbons (Fsp3) is 0.273. The second-order valence-electron chi connectivity index (χ2n) is 7.28. The lowest BCUT2D eigenvalue weighted by Gasteiger charge is -2.24. The van der Waals surface area contributed by atoms with Crippen LogP contribution in [0, 0.1) is 0 Å². The Kier molecular flexibility index (Phi) is 4.35. The maximum atomic E-state index is 12.9. The van der Waals surface area contributed by atoms with E-state index in [1.165, 1.54) is 0 Å². The number of hydrogen-bond donors (Lipinski definition) is 2. The van der Waals surface area contributed by atoms with Crippen LogP contribution in [0.3, 0.4) is 0 Å². The highest BCUT2D eigenvalue weighted by Gasteiger charge is 2.36. The van der Waals surface area contributed by atoms with Crippen LogP contribution in [-0.4, -0.2) is 41.0 Å². The molecule has 2 aliphatic heterocycles. The van der Waals surface area contributed by atoms with Crippen molar-refractivity contribution in [3.05, 3.63) is 54.2 Å². The Morgan fingerprint density at radius 1 is 1.14 bits per heavy atom. The number of amides is 2. The Hall–Kier alpha value is -3.48. The van der Waals surface area contributed by atoms with E-state index in [2.05, 4.69) is 10.3 Å². The Morgan fingerprint density at radius 2 is 1.97 bits per heavy atom. The zero-order valence-electron chi connectivity index (χ0n) is 15.8. The first-order valence-electron chi connectivity index (χ1n) is 9.74. The number of carbonyl (C=O) groups excluding carboxylic acids is 2. The number of ether oxygens (including phenoxy) is 2. The van der Waals surface area contributed by atoms with Crippen molar-refractivity contribution in [2.75, 3.05) is 18.5 Å². The number of carbonyl (C=O) groups is 2. The van der Waals surface area contributed by atoms with Crippen molar-refractivity contribution in [3.8, 4) is 11.5 Å². The van der Waals surface area contributed by atoms with Crippen LogP contribution in [0.2, 0.25) is 0 Å². The number of aromatic amines is 1. The minimum Gasteiger partial charge on any atom is -0.486 e. The Morgan fingerprint density at radius 3 is 2.86 bits per heavy atom. The third kappa shape index (κ3) is 3.29. The lowest BCUT2D eigenvalue weighted by molar-refractivity contribution is -0.133. The number of aromatic nitrogens is 1. The molecule has 2 aliphatic rings. The van der Waals surface area contributed by atoms with Crippen molar-refractivity contribution in [1.82, 2.24) is 9.88 Å². The number of H-pyrrole nitrogens is 1. The molecule has 0 bridgehead atoms. The molecule has 1 aromatic heterocycles. The summed E-state index contributed by atoms with van der Waals surface area (Å²) in [5, 5.41) is 3.99. The molecule has 7 nitrogen and oxygen atoms in total. The van der Waals surface area contributed by atoms with Crippen molar-refractivity contribution in [1.29, 1.82) is 0 Å². The summed E-state index contributed by atoms with van der Waals surface area (Å²) < 4.78 is 11.1. The molecule has 1 atom stereocenters. The number of likely N-dealkylation sites (tertiary alicyclic amines) is 1. The molecule has 29 heavy (non-hydrogen) atoms. The van der Waals surface area contributed by atoms with Gasteiger partial charge in [-0.3, -0.25) is 9.59 Å². The van der Waals surface area contributed by atoms with Gasteiger partial charge in [-0.2, -0.15) is 0 Å². The molecule has 0 saturated carbocycles. The molecule has 3 heterocycles. The molecule has 0 spiro atoms. The van der Waals surface area contributed by atoms with Crippen LogP contribution in [-0.2, 0) is 16.1 Å². The standard InChI is InChI=1S/C22H21N3O4/c26-21-8-6-18(25(21)13-14-12-23-17-4-2-1-3-16(14)17)22(27)24-15-5-7-19-20(11-15)29-10-9-28-19/h1-5,7,11-12,18,23H,6,8-10,13H2,(H,24,27). The highest BCUT2D eigenvalue weighted by molar-refractivity contribution is 5.99. The molecule has 7 heteroatoms. The normalized spacial score (nSPS) is 18.3. The van der Waals surface area contributed by atoms with Gasteiger partial charge in [0.1, 0.15) is 19.3 Å². The second-order valence-corrected chi connectivity index (χ2v) is 7.28. The monoisotopic (exact) mass is 391 g/mol. The molecule has 3 aromatic rings. The van der Waals surface area contributed by atoms with Gasteiger partial charge in [0.2, 0.25) is 11.8 Å². The van der Waals surface area contributed by atoms with Gasteiger partial charge >= 0.3 is 0 Å². The number of nitrogens with zero attached hydrogens (tertiary/aromatic N) is 1. The Bertz CT molecular complexity index is 1090. The molecule has 2 amide bonds. The summed E-state index contributed by atoms with van der Waals surface area (Å²) in [4.78, 5) is 30.3. The summed E-state index contributed by atoms with van der Waals surface area (Å²) in [6.07, 6.45) is 2.80. The van der Waals surface area contributed by atoms with Gasteiger partial charge < -0.3 is 24.7 Å². The number of hydrogen-bond acceptors (Lipinski definition) is 4. The van der Waals surface area contributed by atoms with Gasteiger partial charge in [0.05, 0.1) is 0 Å². The van der Waals surface area contributed by atoms with E-state index in [1.807, 2.05) is 30.5 Å². The van der Waals surface area contributed by atoms with Crippen LogP contribution < -0.4 is 14.8 Å². The smallest absolute Gasteiger partial charge is 0.247 e. The molecule has 1 unspecified atom stereocenters. The summed E-state index contributed by atoms with van der Waals surface area (Å²) in [5.41, 5.74) is 2.66. The van der Waals surface area contributed by atoms with Crippen LogP contribution >= 0.6 is 0 Å². The van der Waals surface area contributed by atoms with E-state index in [0.717, 1.165) is 16.5 Å². The molecule has 1 fully saturated rings. The number of fused-ring (bicyclic) bond motifs is 2. The molecular weight excluding hydrogens is 370 g/mol. The van der Waals surface area contributed by atoms with Crippen molar-refractivity contribution in [2.45, 2.75) is 25.4 Å². The summed E-state index contributed by atoms with van der Waals surface area (Å²) in [6, 6.07) is 12.8. The first-order valence-corrected chi connectivity index (χ1v) is 9.74. The van der Waals surface area contributed by atoms with Gasteiger partial charge in [-0.05, 0) is 30.2 Å². The number of benzene rings is 2. The third-order valence-electron chi connectivity index (χ3n) is 5.46. The van der Waals surface area contributed by atoms with Gasteiger partial charge in [-0.25, -0.2) is 0 Å². The average molecular weight is 391 g/mol. The molecule has 0 aliphatic carbocycles. The van der Waals surface area contributed by atoms with Crippen molar-refractivity contribution < 1.29 is 19.1 Å².